The number of carboxylic acid groups (broad SMARTS) is 1. The fourth-order valence-electron chi connectivity index (χ4n) is 2.79. The lowest BCUT2D eigenvalue weighted by molar-refractivity contribution is 0.0697. The van der Waals surface area contributed by atoms with Crippen LogP contribution in [0, 0.1) is 5.82 Å². The molecule has 0 bridgehead atoms. The number of hydrogen-bond acceptors (Lipinski definition) is 3. The molecule has 0 aliphatic carbocycles. The van der Waals surface area contributed by atoms with E-state index in [0.29, 0.717) is 22.9 Å². The predicted molar refractivity (Wildman–Crippen MR) is 99.6 cm³/mol. The van der Waals surface area contributed by atoms with E-state index in [2.05, 4.69) is 15.0 Å². The van der Waals surface area contributed by atoms with Gasteiger partial charge in [-0.2, -0.15) is 0 Å². The Morgan fingerprint density at radius 1 is 0.926 bits per heavy atom. The molecule has 5 nitrogen and oxygen atoms in total. The summed E-state index contributed by atoms with van der Waals surface area (Å²) in [6.45, 7) is 0. The van der Waals surface area contributed by atoms with Crippen molar-refractivity contribution in [3.05, 3.63) is 84.3 Å². The molecule has 0 spiro atoms. The van der Waals surface area contributed by atoms with E-state index in [9.17, 15) is 9.18 Å². The molecule has 2 aromatic heterocycles. The van der Waals surface area contributed by atoms with Crippen LogP contribution in [0.5, 0.6) is 0 Å². The SMILES string of the molecule is O=C(O)c1ccc(-c2nc(-c3ccc(F)cc3)c(-c3ccccn3)[nH]2)cc1. The van der Waals surface area contributed by atoms with Gasteiger partial charge in [-0.1, -0.05) is 18.2 Å². The highest BCUT2D eigenvalue weighted by Crippen LogP contribution is 2.32. The lowest BCUT2D eigenvalue weighted by atomic mass is 10.1. The summed E-state index contributed by atoms with van der Waals surface area (Å²) in [6.07, 6.45) is 1.69. The highest BCUT2D eigenvalue weighted by Gasteiger charge is 2.16. The largest absolute Gasteiger partial charge is 0.478 e. The number of nitrogens with one attached hydrogen (secondary N) is 1. The third-order valence-corrected chi connectivity index (χ3v) is 4.15. The predicted octanol–water partition coefficient (Wildman–Crippen LogP) is 4.64. The van der Waals surface area contributed by atoms with Crippen molar-refractivity contribution in [2.75, 3.05) is 0 Å². The molecule has 0 fully saturated rings. The summed E-state index contributed by atoms with van der Waals surface area (Å²) in [7, 11) is 0. The summed E-state index contributed by atoms with van der Waals surface area (Å²) in [4.78, 5) is 23.3. The lowest BCUT2D eigenvalue weighted by Crippen LogP contribution is -1.95. The Kier molecular flexibility index (Phi) is 4.22. The number of H-pyrrole nitrogens is 1. The van der Waals surface area contributed by atoms with Crippen molar-refractivity contribution < 1.29 is 14.3 Å². The molecule has 0 saturated carbocycles. The number of imidazole rings is 1. The first-order valence-electron chi connectivity index (χ1n) is 8.23. The third-order valence-electron chi connectivity index (χ3n) is 4.15. The summed E-state index contributed by atoms with van der Waals surface area (Å²) < 4.78 is 13.3. The molecule has 4 aromatic rings. The monoisotopic (exact) mass is 359 g/mol. The number of carboxylic acids is 1. The molecule has 0 aliphatic heterocycles. The molecule has 0 atom stereocenters. The van der Waals surface area contributed by atoms with Gasteiger partial charge in [-0.3, -0.25) is 4.98 Å². The molecular weight excluding hydrogens is 345 g/mol. The molecule has 2 N–H and O–H groups in total. The van der Waals surface area contributed by atoms with Gasteiger partial charge in [0.15, 0.2) is 0 Å². The van der Waals surface area contributed by atoms with E-state index in [1.54, 1.807) is 30.5 Å². The van der Waals surface area contributed by atoms with Crippen LogP contribution >= 0.6 is 0 Å². The number of carbonyl (C=O) groups is 1. The van der Waals surface area contributed by atoms with Crippen LogP contribution in [0.1, 0.15) is 10.4 Å². The van der Waals surface area contributed by atoms with Crippen molar-refractivity contribution >= 4 is 5.97 Å². The van der Waals surface area contributed by atoms with Crippen LogP contribution in [-0.4, -0.2) is 26.0 Å². The zero-order valence-electron chi connectivity index (χ0n) is 14.1. The maximum atomic E-state index is 13.3. The summed E-state index contributed by atoms with van der Waals surface area (Å²) in [6, 6.07) is 18.1. The summed E-state index contributed by atoms with van der Waals surface area (Å²) in [5, 5.41) is 9.05. The number of nitrogens with zero attached hydrogens (tertiary/aromatic N) is 2. The summed E-state index contributed by atoms with van der Waals surface area (Å²) in [5.74, 6) is -0.729. The second kappa shape index (κ2) is 6.84. The molecule has 132 valence electrons. The first-order chi connectivity index (χ1) is 13.1. The summed E-state index contributed by atoms with van der Waals surface area (Å²) in [5.41, 5.74) is 3.75. The van der Waals surface area contributed by atoms with Crippen LogP contribution in [0.25, 0.3) is 34.0 Å². The maximum absolute atomic E-state index is 13.3. The van der Waals surface area contributed by atoms with Gasteiger partial charge in [-0.25, -0.2) is 14.2 Å². The van der Waals surface area contributed by atoms with Crippen molar-refractivity contribution in [3.8, 4) is 34.0 Å². The molecule has 0 radical (unpaired) electrons. The Morgan fingerprint density at radius 2 is 1.63 bits per heavy atom. The minimum atomic E-state index is -0.984. The molecule has 0 saturated heterocycles. The van der Waals surface area contributed by atoms with Gasteiger partial charge in [0.25, 0.3) is 0 Å². The Labute approximate surface area is 154 Å². The van der Waals surface area contributed by atoms with Crippen molar-refractivity contribution in [2.45, 2.75) is 0 Å². The Hall–Kier alpha value is -3.80. The van der Waals surface area contributed by atoms with Crippen LogP contribution in [0.3, 0.4) is 0 Å². The average molecular weight is 359 g/mol. The Balaban J connectivity index is 1.84. The second-order valence-electron chi connectivity index (χ2n) is 5.91. The Morgan fingerprint density at radius 3 is 2.26 bits per heavy atom. The van der Waals surface area contributed by atoms with Gasteiger partial charge in [0, 0.05) is 17.3 Å². The zero-order valence-corrected chi connectivity index (χ0v) is 14.1. The smallest absolute Gasteiger partial charge is 0.335 e. The van der Waals surface area contributed by atoms with E-state index < -0.39 is 5.97 Å². The van der Waals surface area contributed by atoms with Crippen LogP contribution in [-0.2, 0) is 0 Å². The number of benzene rings is 2. The van der Waals surface area contributed by atoms with E-state index in [4.69, 9.17) is 5.11 Å². The van der Waals surface area contributed by atoms with Gasteiger partial charge in [0.2, 0.25) is 0 Å². The molecule has 6 heteroatoms. The van der Waals surface area contributed by atoms with Crippen LogP contribution in [0.4, 0.5) is 4.39 Å². The van der Waals surface area contributed by atoms with Crippen LogP contribution in [0.15, 0.2) is 72.9 Å². The zero-order chi connectivity index (χ0) is 18.8. The quantitative estimate of drug-likeness (QED) is 0.556. The lowest BCUT2D eigenvalue weighted by Gasteiger charge is -2.02. The number of aromatic nitrogens is 3. The first kappa shape index (κ1) is 16.7. The van der Waals surface area contributed by atoms with Crippen molar-refractivity contribution in [1.29, 1.82) is 0 Å². The van der Waals surface area contributed by atoms with Crippen LogP contribution in [0.2, 0.25) is 0 Å². The van der Waals surface area contributed by atoms with Crippen molar-refractivity contribution in [3.63, 3.8) is 0 Å². The number of aromatic carboxylic acids is 1. The standard InChI is InChI=1S/C21H14FN3O2/c22-16-10-8-13(9-11-16)18-19(17-3-1-2-12-23-17)25-20(24-18)14-4-6-15(7-5-14)21(26)27/h1-12H,(H,24,25)(H,26,27). The number of pyridine rings is 1. The van der Waals surface area contributed by atoms with E-state index in [-0.39, 0.29) is 11.4 Å². The second-order valence-corrected chi connectivity index (χ2v) is 5.91. The van der Waals surface area contributed by atoms with Gasteiger partial charge in [0.05, 0.1) is 22.6 Å². The van der Waals surface area contributed by atoms with Gasteiger partial charge in [0.1, 0.15) is 11.6 Å². The van der Waals surface area contributed by atoms with Gasteiger partial charge >= 0.3 is 5.97 Å². The fraction of sp³-hybridized carbons (Fsp3) is 0. The normalized spacial score (nSPS) is 10.7. The van der Waals surface area contributed by atoms with Crippen molar-refractivity contribution in [1.82, 2.24) is 15.0 Å². The van der Waals surface area contributed by atoms with Gasteiger partial charge in [-0.15, -0.1) is 0 Å². The fourth-order valence-corrected chi connectivity index (χ4v) is 2.79. The minimum Gasteiger partial charge on any atom is -0.478 e. The molecule has 0 amide bonds. The highest BCUT2D eigenvalue weighted by molar-refractivity contribution is 5.88. The topological polar surface area (TPSA) is 78.9 Å². The van der Waals surface area contributed by atoms with Gasteiger partial charge in [-0.05, 0) is 48.5 Å². The minimum absolute atomic E-state index is 0.203. The van der Waals surface area contributed by atoms with E-state index in [0.717, 1.165) is 11.1 Å². The number of halogens is 1. The third kappa shape index (κ3) is 3.32. The van der Waals surface area contributed by atoms with E-state index in [1.165, 1.54) is 24.3 Å². The number of aromatic amines is 1. The highest BCUT2D eigenvalue weighted by atomic mass is 19.1. The van der Waals surface area contributed by atoms with Crippen molar-refractivity contribution in [2.24, 2.45) is 0 Å². The molecule has 27 heavy (non-hydrogen) atoms. The molecule has 0 aliphatic rings. The summed E-state index contributed by atoms with van der Waals surface area (Å²) >= 11 is 0. The van der Waals surface area contributed by atoms with E-state index in [1.807, 2.05) is 18.2 Å². The molecular formula is C21H14FN3O2. The van der Waals surface area contributed by atoms with Crippen LogP contribution < -0.4 is 0 Å². The Bertz CT molecular complexity index is 1090. The van der Waals surface area contributed by atoms with E-state index >= 15 is 0 Å². The molecule has 4 rings (SSSR count). The first-order valence-corrected chi connectivity index (χ1v) is 8.23. The average Bonchev–Trinajstić information content (AvgIpc) is 3.15. The number of rotatable bonds is 4. The number of hydrogen-bond donors (Lipinski definition) is 2. The maximum Gasteiger partial charge on any atom is 0.335 e. The molecule has 2 aromatic carbocycles. The molecule has 0 unspecified atom stereocenters. The van der Waals surface area contributed by atoms with Gasteiger partial charge < -0.3 is 10.1 Å². The molecule has 2 heterocycles.